The van der Waals surface area contributed by atoms with Crippen LogP contribution in [0.25, 0.3) is 0 Å². The van der Waals surface area contributed by atoms with E-state index in [1.807, 2.05) is 13.8 Å². The molecule has 0 heterocycles. The van der Waals surface area contributed by atoms with E-state index in [4.69, 9.17) is 4.74 Å². The van der Waals surface area contributed by atoms with Gasteiger partial charge in [0, 0.05) is 6.42 Å². The highest BCUT2D eigenvalue weighted by Crippen LogP contribution is 2.22. The van der Waals surface area contributed by atoms with Crippen molar-refractivity contribution in [3.8, 4) is 0 Å². The molecule has 2 rings (SSSR count). The van der Waals surface area contributed by atoms with Crippen LogP contribution in [-0.2, 0) is 28.8 Å². The van der Waals surface area contributed by atoms with E-state index in [1.54, 1.807) is 0 Å². The van der Waals surface area contributed by atoms with E-state index >= 15 is 0 Å². The molecule has 19 heavy (non-hydrogen) atoms. The van der Waals surface area contributed by atoms with Crippen LogP contribution in [0.5, 0.6) is 0 Å². The minimum atomic E-state index is -0.0760. The molecule has 2 nitrogen and oxygen atoms in total. The number of carbonyl (C=O) groups is 1. The molecule has 1 aliphatic carbocycles. The van der Waals surface area contributed by atoms with Crippen molar-refractivity contribution in [1.29, 1.82) is 0 Å². The predicted molar refractivity (Wildman–Crippen MR) is 77.3 cm³/mol. The van der Waals surface area contributed by atoms with Gasteiger partial charge in [0.1, 0.15) is 0 Å². The molecule has 2 heteroatoms. The number of rotatable bonds is 5. The van der Waals surface area contributed by atoms with Crippen molar-refractivity contribution in [2.75, 3.05) is 0 Å². The van der Waals surface area contributed by atoms with Crippen molar-refractivity contribution in [3.63, 3.8) is 0 Å². The van der Waals surface area contributed by atoms with Crippen LogP contribution in [0.15, 0.2) is 18.2 Å². The van der Waals surface area contributed by atoms with Crippen molar-refractivity contribution in [3.05, 3.63) is 34.9 Å². The fourth-order valence-corrected chi connectivity index (χ4v) is 2.70. The number of fused-ring (bicyclic) bond motifs is 1. The van der Waals surface area contributed by atoms with E-state index in [2.05, 4.69) is 18.2 Å². The molecule has 104 valence electrons. The zero-order valence-electron chi connectivity index (χ0n) is 12.1. The molecule has 1 aromatic rings. The zero-order valence-corrected chi connectivity index (χ0v) is 12.1. The van der Waals surface area contributed by atoms with Gasteiger partial charge >= 0.3 is 5.97 Å². The van der Waals surface area contributed by atoms with Gasteiger partial charge in [-0.15, -0.1) is 0 Å². The molecule has 0 atom stereocenters. The minimum Gasteiger partial charge on any atom is -0.463 e. The lowest BCUT2D eigenvalue weighted by Crippen LogP contribution is -2.11. The molecular formula is C17H24O2. The molecule has 1 aliphatic rings. The normalized spacial score (nSPS) is 14.3. The highest BCUT2D eigenvalue weighted by atomic mass is 16.5. The second-order valence-corrected chi connectivity index (χ2v) is 5.70. The van der Waals surface area contributed by atoms with Crippen molar-refractivity contribution >= 4 is 5.97 Å². The topological polar surface area (TPSA) is 26.3 Å². The van der Waals surface area contributed by atoms with E-state index in [9.17, 15) is 4.79 Å². The molecule has 0 fully saturated rings. The molecule has 0 aliphatic heterocycles. The predicted octanol–water partition coefficient (Wildman–Crippen LogP) is 3.84. The molecule has 0 aromatic heterocycles. The van der Waals surface area contributed by atoms with Gasteiger partial charge < -0.3 is 4.74 Å². The summed E-state index contributed by atoms with van der Waals surface area (Å²) in [6, 6.07) is 6.83. The number of aryl methyl sites for hydroxylation is 3. The highest BCUT2D eigenvalue weighted by Gasteiger charge is 2.10. The Hall–Kier alpha value is -1.31. The average Bonchev–Trinajstić information content (AvgIpc) is 2.37. The summed E-state index contributed by atoms with van der Waals surface area (Å²) in [6.07, 6.45) is 7.47. The van der Waals surface area contributed by atoms with Gasteiger partial charge in [0.15, 0.2) is 0 Å². The Labute approximate surface area is 116 Å². The first-order valence-electron chi connectivity index (χ1n) is 7.45. The second kappa shape index (κ2) is 6.74. The summed E-state index contributed by atoms with van der Waals surface area (Å²) in [5.74, 6) is -0.0760. The van der Waals surface area contributed by atoms with Gasteiger partial charge in [-0.05, 0) is 69.1 Å². The monoisotopic (exact) mass is 260 g/mol. The van der Waals surface area contributed by atoms with Crippen molar-refractivity contribution in [2.24, 2.45) is 0 Å². The molecule has 0 radical (unpaired) electrons. The number of hydrogen-bond donors (Lipinski definition) is 0. The fourth-order valence-electron chi connectivity index (χ4n) is 2.70. The summed E-state index contributed by atoms with van der Waals surface area (Å²) < 4.78 is 5.14. The van der Waals surface area contributed by atoms with E-state index < -0.39 is 0 Å². The number of ether oxygens (including phenoxy) is 1. The van der Waals surface area contributed by atoms with Crippen molar-refractivity contribution in [1.82, 2.24) is 0 Å². The lowest BCUT2D eigenvalue weighted by molar-refractivity contribution is -0.147. The Kier molecular flexibility index (Phi) is 5.00. The smallest absolute Gasteiger partial charge is 0.306 e. The second-order valence-electron chi connectivity index (χ2n) is 5.70. The first-order valence-corrected chi connectivity index (χ1v) is 7.45. The summed E-state index contributed by atoms with van der Waals surface area (Å²) >= 11 is 0. The molecule has 0 amide bonds. The quantitative estimate of drug-likeness (QED) is 0.752. The Morgan fingerprint density at radius 2 is 1.95 bits per heavy atom. The Morgan fingerprint density at radius 1 is 1.21 bits per heavy atom. The molecule has 0 N–H and O–H groups in total. The summed E-state index contributed by atoms with van der Waals surface area (Å²) in [4.78, 5) is 11.5. The van der Waals surface area contributed by atoms with Crippen LogP contribution >= 0.6 is 0 Å². The van der Waals surface area contributed by atoms with Crippen molar-refractivity contribution in [2.45, 2.75) is 64.9 Å². The van der Waals surface area contributed by atoms with Crippen LogP contribution in [0.4, 0.5) is 0 Å². The Balaban J connectivity index is 1.81. The summed E-state index contributed by atoms with van der Waals surface area (Å²) in [5, 5.41) is 0. The maximum Gasteiger partial charge on any atom is 0.306 e. The SMILES string of the molecule is CC(C)OC(=O)CCCc1ccc2c(c1)CCCC2. The maximum absolute atomic E-state index is 11.5. The summed E-state index contributed by atoms with van der Waals surface area (Å²) in [5.41, 5.74) is 4.40. The van der Waals surface area contributed by atoms with Crippen molar-refractivity contribution < 1.29 is 9.53 Å². The molecule has 0 saturated heterocycles. The van der Waals surface area contributed by atoms with Gasteiger partial charge in [-0.25, -0.2) is 0 Å². The molecular weight excluding hydrogens is 236 g/mol. The van der Waals surface area contributed by atoms with Gasteiger partial charge in [0.2, 0.25) is 0 Å². The number of esters is 1. The fraction of sp³-hybridized carbons (Fsp3) is 0.588. The van der Waals surface area contributed by atoms with Gasteiger partial charge in [-0.2, -0.15) is 0 Å². The molecule has 0 unspecified atom stereocenters. The first kappa shape index (κ1) is 14.1. The van der Waals surface area contributed by atoms with Crippen LogP contribution in [0, 0.1) is 0 Å². The summed E-state index contributed by atoms with van der Waals surface area (Å²) in [7, 11) is 0. The number of carbonyl (C=O) groups excluding carboxylic acids is 1. The van der Waals surface area contributed by atoms with Gasteiger partial charge in [-0.3, -0.25) is 4.79 Å². The standard InChI is InChI=1S/C17H24O2/c1-13(2)19-17(18)9-5-6-14-10-11-15-7-3-4-8-16(15)12-14/h10-13H,3-9H2,1-2H3. The van der Waals surface area contributed by atoms with Crippen LogP contribution in [0.2, 0.25) is 0 Å². The third kappa shape index (κ3) is 4.38. The van der Waals surface area contributed by atoms with Crippen LogP contribution in [0.3, 0.4) is 0 Å². The van der Waals surface area contributed by atoms with Gasteiger partial charge in [-0.1, -0.05) is 18.2 Å². The Morgan fingerprint density at radius 3 is 2.68 bits per heavy atom. The van der Waals surface area contributed by atoms with Crippen LogP contribution < -0.4 is 0 Å². The van der Waals surface area contributed by atoms with Crippen LogP contribution in [0.1, 0.15) is 56.2 Å². The van der Waals surface area contributed by atoms with Crippen LogP contribution in [-0.4, -0.2) is 12.1 Å². The molecule has 0 spiro atoms. The van der Waals surface area contributed by atoms with E-state index in [0.717, 1.165) is 12.8 Å². The Bertz CT molecular complexity index is 435. The first-order chi connectivity index (χ1) is 9.15. The van der Waals surface area contributed by atoms with E-state index in [1.165, 1.54) is 42.4 Å². The third-order valence-electron chi connectivity index (χ3n) is 3.63. The molecule has 0 saturated carbocycles. The van der Waals surface area contributed by atoms with Gasteiger partial charge in [0.05, 0.1) is 6.10 Å². The minimum absolute atomic E-state index is 0.00348. The lowest BCUT2D eigenvalue weighted by atomic mass is 9.89. The molecule has 1 aromatic carbocycles. The number of hydrogen-bond acceptors (Lipinski definition) is 2. The number of benzene rings is 1. The average molecular weight is 260 g/mol. The largest absolute Gasteiger partial charge is 0.463 e. The third-order valence-corrected chi connectivity index (χ3v) is 3.63. The maximum atomic E-state index is 11.5. The van der Waals surface area contributed by atoms with E-state index in [0.29, 0.717) is 6.42 Å². The lowest BCUT2D eigenvalue weighted by Gasteiger charge is -2.16. The zero-order chi connectivity index (χ0) is 13.7. The highest BCUT2D eigenvalue weighted by molar-refractivity contribution is 5.69. The van der Waals surface area contributed by atoms with E-state index in [-0.39, 0.29) is 12.1 Å². The molecule has 0 bridgehead atoms. The summed E-state index contributed by atoms with van der Waals surface area (Å²) in [6.45, 7) is 3.78. The van der Waals surface area contributed by atoms with Gasteiger partial charge in [0.25, 0.3) is 0 Å².